The van der Waals surface area contributed by atoms with Crippen LogP contribution in [0.5, 0.6) is 0 Å². The van der Waals surface area contributed by atoms with Gasteiger partial charge in [0, 0.05) is 50.4 Å². The van der Waals surface area contributed by atoms with Crippen LogP contribution >= 0.6 is 0 Å². The maximum Gasteiger partial charge on any atom is 0.319 e. The van der Waals surface area contributed by atoms with Gasteiger partial charge in [0.05, 0.1) is 11.4 Å². The van der Waals surface area contributed by atoms with E-state index >= 15 is 0 Å². The Hall–Kier alpha value is -3.53. The zero-order valence-corrected chi connectivity index (χ0v) is 22.9. The summed E-state index contributed by atoms with van der Waals surface area (Å²) >= 11 is 0. The number of amides is 4. The molecule has 206 valence electrons. The zero-order chi connectivity index (χ0) is 27.9. The fraction of sp³-hybridized carbons (Fsp3) is 0.500. The first kappa shape index (κ1) is 29.0. The summed E-state index contributed by atoms with van der Waals surface area (Å²) in [4.78, 5) is 45.8. The number of carbonyl (C=O) groups is 3. The Morgan fingerprint density at radius 1 is 1.05 bits per heavy atom. The van der Waals surface area contributed by atoms with Crippen molar-refractivity contribution in [3.05, 3.63) is 59.2 Å². The van der Waals surface area contributed by atoms with E-state index in [-0.39, 0.29) is 28.6 Å². The van der Waals surface area contributed by atoms with Gasteiger partial charge in [0.15, 0.2) is 0 Å². The summed E-state index contributed by atoms with van der Waals surface area (Å²) in [5.74, 6) is -0.672. The lowest BCUT2D eigenvalue weighted by Gasteiger charge is -2.34. The highest BCUT2D eigenvalue weighted by molar-refractivity contribution is 5.96. The van der Waals surface area contributed by atoms with Gasteiger partial charge < -0.3 is 20.9 Å². The van der Waals surface area contributed by atoms with Crippen molar-refractivity contribution in [1.82, 2.24) is 25.4 Å². The smallest absolute Gasteiger partial charge is 0.319 e. The number of piperazine rings is 1. The normalized spacial score (nSPS) is 14.3. The minimum absolute atomic E-state index is 0.0272. The van der Waals surface area contributed by atoms with Crippen LogP contribution in [0, 0.1) is 11.7 Å². The van der Waals surface area contributed by atoms with E-state index in [0.29, 0.717) is 50.9 Å². The van der Waals surface area contributed by atoms with Gasteiger partial charge in [-0.1, -0.05) is 19.9 Å². The highest BCUT2D eigenvalue weighted by Gasteiger charge is 2.24. The van der Waals surface area contributed by atoms with Crippen LogP contribution in [-0.2, 0) is 6.54 Å². The van der Waals surface area contributed by atoms with E-state index < -0.39 is 11.8 Å². The number of aromatic nitrogens is 1. The van der Waals surface area contributed by atoms with Crippen LogP contribution in [0.25, 0.3) is 0 Å². The molecule has 10 heteroatoms. The summed E-state index contributed by atoms with van der Waals surface area (Å²) in [7, 11) is 0. The molecule has 0 unspecified atom stereocenters. The van der Waals surface area contributed by atoms with Crippen LogP contribution in [0.2, 0.25) is 0 Å². The Bertz CT molecular complexity index is 1140. The number of anilines is 1. The standard InChI is InChI=1S/C28H39FN6O3/c1-19(2)11-12-30-27(38)32-23-10-9-20(17-22(23)29)26(37)35-15-13-34(14-16-35)18-21-7-6-8-24(31-21)25(36)33-28(3,4)5/h6-10,17,19H,11-16,18H2,1-5H3,(H,33,36)(H2,30,32,38). The van der Waals surface area contributed by atoms with Gasteiger partial charge in [-0.3, -0.25) is 14.5 Å². The highest BCUT2D eigenvalue weighted by atomic mass is 19.1. The van der Waals surface area contributed by atoms with Gasteiger partial charge in [0.1, 0.15) is 11.5 Å². The molecule has 4 amide bonds. The number of nitrogens with one attached hydrogen (secondary N) is 3. The van der Waals surface area contributed by atoms with Gasteiger partial charge >= 0.3 is 6.03 Å². The second kappa shape index (κ2) is 12.8. The molecule has 1 fully saturated rings. The summed E-state index contributed by atoms with van der Waals surface area (Å²) in [6.45, 7) is 13.2. The van der Waals surface area contributed by atoms with Crippen molar-refractivity contribution >= 4 is 23.5 Å². The molecule has 1 saturated heterocycles. The number of hydrogen-bond acceptors (Lipinski definition) is 5. The lowest BCUT2D eigenvalue weighted by Crippen LogP contribution is -2.48. The third-order valence-electron chi connectivity index (χ3n) is 6.04. The summed E-state index contributed by atoms with van der Waals surface area (Å²) in [5.41, 5.74) is 1.07. The van der Waals surface area contributed by atoms with Crippen molar-refractivity contribution in [3.63, 3.8) is 0 Å². The number of pyridine rings is 1. The molecule has 0 saturated carbocycles. The van der Waals surface area contributed by atoms with E-state index in [1.54, 1.807) is 11.0 Å². The summed E-state index contributed by atoms with van der Waals surface area (Å²) in [6, 6.07) is 9.02. The molecule has 1 aliphatic rings. The zero-order valence-electron chi connectivity index (χ0n) is 22.9. The predicted octanol–water partition coefficient (Wildman–Crippen LogP) is 3.87. The van der Waals surface area contributed by atoms with Gasteiger partial charge in [0.25, 0.3) is 11.8 Å². The molecule has 3 N–H and O–H groups in total. The van der Waals surface area contributed by atoms with Crippen molar-refractivity contribution in [2.45, 2.75) is 53.1 Å². The second-order valence-corrected chi connectivity index (χ2v) is 11.0. The average Bonchev–Trinajstić information content (AvgIpc) is 2.84. The van der Waals surface area contributed by atoms with E-state index in [2.05, 4.69) is 39.7 Å². The van der Waals surface area contributed by atoms with Gasteiger partial charge in [0.2, 0.25) is 0 Å². The van der Waals surface area contributed by atoms with Gasteiger partial charge in [-0.2, -0.15) is 0 Å². The summed E-state index contributed by atoms with van der Waals surface area (Å²) < 4.78 is 14.6. The number of carbonyl (C=O) groups excluding carboxylic acids is 3. The third-order valence-corrected chi connectivity index (χ3v) is 6.04. The summed E-state index contributed by atoms with van der Waals surface area (Å²) in [5, 5.41) is 8.11. The van der Waals surface area contributed by atoms with Crippen molar-refractivity contribution in [2.75, 3.05) is 38.0 Å². The molecule has 2 heterocycles. The molecule has 1 aromatic carbocycles. The van der Waals surface area contributed by atoms with Crippen molar-refractivity contribution in [3.8, 4) is 0 Å². The van der Waals surface area contributed by atoms with E-state index in [9.17, 15) is 18.8 Å². The van der Waals surface area contributed by atoms with Crippen LogP contribution in [0.4, 0.5) is 14.9 Å². The Balaban J connectivity index is 1.51. The molecule has 0 radical (unpaired) electrons. The maximum atomic E-state index is 14.6. The third kappa shape index (κ3) is 8.79. The molecule has 0 aliphatic carbocycles. The number of benzene rings is 1. The predicted molar refractivity (Wildman–Crippen MR) is 146 cm³/mol. The fourth-order valence-electron chi connectivity index (χ4n) is 4.01. The maximum absolute atomic E-state index is 14.6. The first-order valence-corrected chi connectivity index (χ1v) is 13.1. The van der Waals surface area contributed by atoms with Gasteiger partial charge in [-0.25, -0.2) is 14.2 Å². The molecule has 2 aromatic rings. The van der Waals surface area contributed by atoms with Crippen molar-refractivity contribution in [1.29, 1.82) is 0 Å². The molecule has 1 aromatic heterocycles. The first-order valence-electron chi connectivity index (χ1n) is 13.1. The van der Waals surface area contributed by atoms with E-state index in [1.165, 1.54) is 12.1 Å². The highest BCUT2D eigenvalue weighted by Crippen LogP contribution is 2.18. The lowest BCUT2D eigenvalue weighted by atomic mass is 10.1. The quantitative estimate of drug-likeness (QED) is 0.484. The summed E-state index contributed by atoms with van der Waals surface area (Å²) in [6.07, 6.45) is 0.827. The molecule has 0 atom stereocenters. The Labute approximate surface area is 224 Å². The molecule has 38 heavy (non-hydrogen) atoms. The number of hydrogen-bond donors (Lipinski definition) is 3. The Kier molecular flexibility index (Phi) is 9.79. The molecular weight excluding hydrogens is 487 g/mol. The lowest BCUT2D eigenvalue weighted by molar-refractivity contribution is 0.0626. The van der Waals surface area contributed by atoms with Crippen molar-refractivity contribution in [2.24, 2.45) is 5.92 Å². The van der Waals surface area contributed by atoms with Crippen LogP contribution < -0.4 is 16.0 Å². The SMILES string of the molecule is CC(C)CCNC(=O)Nc1ccc(C(=O)N2CCN(Cc3cccc(C(=O)NC(C)(C)C)n3)CC2)cc1F. The van der Waals surface area contributed by atoms with E-state index in [4.69, 9.17) is 0 Å². The van der Waals surface area contributed by atoms with Crippen LogP contribution in [0.3, 0.4) is 0 Å². The minimum atomic E-state index is -0.657. The minimum Gasteiger partial charge on any atom is -0.346 e. The molecule has 1 aliphatic heterocycles. The Morgan fingerprint density at radius 2 is 1.76 bits per heavy atom. The van der Waals surface area contributed by atoms with Crippen LogP contribution in [-0.4, -0.2) is 70.9 Å². The van der Waals surface area contributed by atoms with E-state index in [0.717, 1.165) is 18.2 Å². The molecule has 0 bridgehead atoms. The van der Waals surface area contributed by atoms with Crippen molar-refractivity contribution < 1.29 is 18.8 Å². The number of urea groups is 1. The fourth-order valence-corrected chi connectivity index (χ4v) is 4.01. The monoisotopic (exact) mass is 526 g/mol. The largest absolute Gasteiger partial charge is 0.346 e. The molecule has 0 spiro atoms. The van der Waals surface area contributed by atoms with E-state index in [1.807, 2.05) is 32.9 Å². The average molecular weight is 527 g/mol. The first-order chi connectivity index (χ1) is 17.9. The topological polar surface area (TPSA) is 107 Å². The van der Waals surface area contributed by atoms with Crippen LogP contribution in [0.1, 0.15) is 67.6 Å². The van der Waals surface area contributed by atoms with Crippen LogP contribution in [0.15, 0.2) is 36.4 Å². The molecule has 9 nitrogen and oxygen atoms in total. The number of rotatable bonds is 8. The molecular formula is C28H39FN6O3. The molecule has 3 rings (SSSR count). The number of nitrogens with zero attached hydrogens (tertiary/aromatic N) is 3. The van der Waals surface area contributed by atoms with Gasteiger partial charge in [-0.15, -0.1) is 0 Å². The Morgan fingerprint density at radius 3 is 2.39 bits per heavy atom. The number of halogens is 1. The second-order valence-electron chi connectivity index (χ2n) is 11.0. The van der Waals surface area contributed by atoms with Gasteiger partial charge in [-0.05, 0) is 63.4 Å².